The van der Waals surface area contributed by atoms with Crippen molar-refractivity contribution in [2.75, 3.05) is 13.2 Å². The fraction of sp³-hybridized carbons (Fsp3) is 1.00. The molecular weight excluding hydrogens is 256 g/mol. The van der Waals surface area contributed by atoms with E-state index in [1.165, 1.54) is 0 Å². The fourth-order valence-corrected chi connectivity index (χ4v) is 1.95. The van der Waals surface area contributed by atoms with Gasteiger partial charge in [0.1, 0.15) is 24.4 Å². The van der Waals surface area contributed by atoms with Crippen LogP contribution in [0.3, 0.4) is 0 Å². The Morgan fingerprint density at radius 1 is 1.11 bits per heavy atom. The van der Waals surface area contributed by atoms with Gasteiger partial charge in [0.2, 0.25) is 0 Å². The minimum atomic E-state index is -1.41. The van der Waals surface area contributed by atoms with E-state index in [9.17, 15) is 15.3 Å². The summed E-state index contributed by atoms with van der Waals surface area (Å²) in [4.78, 5) is 0. The van der Waals surface area contributed by atoms with Crippen molar-refractivity contribution in [1.82, 2.24) is 0 Å². The molecule has 0 spiro atoms. The Morgan fingerprint density at radius 2 is 1.79 bits per heavy atom. The molecule has 7 heteroatoms. The molecule has 1 aliphatic rings. The zero-order valence-corrected chi connectivity index (χ0v) is 11.1. The molecule has 0 bridgehead atoms. The second-order valence-corrected chi connectivity index (χ2v) is 4.91. The molecule has 0 aliphatic carbocycles. The molecule has 7 nitrogen and oxygen atoms in total. The van der Waals surface area contributed by atoms with Crippen LogP contribution in [0.5, 0.6) is 0 Å². The minimum Gasteiger partial charge on any atom is -0.394 e. The van der Waals surface area contributed by atoms with Gasteiger partial charge in [-0.15, -0.1) is 0 Å². The van der Waals surface area contributed by atoms with E-state index in [0.29, 0.717) is 19.4 Å². The van der Waals surface area contributed by atoms with E-state index in [-0.39, 0.29) is 6.10 Å². The SMILES string of the molecule is CC(O)CCCCOC1OC(CO)C(O)C(O)C1O. The second kappa shape index (κ2) is 8.11. The van der Waals surface area contributed by atoms with Crippen LogP contribution in [0.1, 0.15) is 26.2 Å². The maximum atomic E-state index is 9.68. The monoisotopic (exact) mass is 280 g/mol. The fourth-order valence-electron chi connectivity index (χ4n) is 1.95. The van der Waals surface area contributed by atoms with E-state index >= 15 is 0 Å². The number of aliphatic hydroxyl groups is 5. The van der Waals surface area contributed by atoms with Crippen LogP contribution in [0.2, 0.25) is 0 Å². The van der Waals surface area contributed by atoms with E-state index in [0.717, 1.165) is 6.42 Å². The molecule has 0 aromatic carbocycles. The first-order valence-corrected chi connectivity index (χ1v) is 6.57. The lowest BCUT2D eigenvalue weighted by atomic mass is 9.99. The van der Waals surface area contributed by atoms with Gasteiger partial charge in [0.15, 0.2) is 6.29 Å². The molecule has 1 heterocycles. The highest BCUT2D eigenvalue weighted by molar-refractivity contribution is 4.88. The Kier molecular flexibility index (Phi) is 7.16. The largest absolute Gasteiger partial charge is 0.394 e. The molecule has 1 saturated heterocycles. The molecule has 1 fully saturated rings. The summed E-state index contributed by atoms with van der Waals surface area (Å²) in [6.07, 6.45) is -4.37. The van der Waals surface area contributed by atoms with Crippen LogP contribution in [0.15, 0.2) is 0 Å². The Hall–Kier alpha value is -0.280. The molecule has 0 saturated carbocycles. The highest BCUT2D eigenvalue weighted by Crippen LogP contribution is 2.22. The number of ether oxygens (including phenoxy) is 2. The van der Waals surface area contributed by atoms with Crippen LogP contribution in [0.4, 0.5) is 0 Å². The Bertz CT molecular complexity index is 246. The summed E-state index contributed by atoms with van der Waals surface area (Å²) in [5, 5.41) is 46.9. The summed E-state index contributed by atoms with van der Waals surface area (Å²) < 4.78 is 10.5. The Morgan fingerprint density at radius 3 is 2.37 bits per heavy atom. The van der Waals surface area contributed by atoms with Gasteiger partial charge in [-0.25, -0.2) is 0 Å². The van der Waals surface area contributed by atoms with Crippen LogP contribution in [-0.2, 0) is 9.47 Å². The highest BCUT2D eigenvalue weighted by atomic mass is 16.7. The number of aliphatic hydroxyl groups excluding tert-OH is 5. The van der Waals surface area contributed by atoms with Gasteiger partial charge in [-0.2, -0.15) is 0 Å². The zero-order valence-electron chi connectivity index (χ0n) is 11.1. The number of hydrogen-bond acceptors (Lipinski definition) is 7. The van der Waals surface area contributed by atoms with Gasteiger partial charge in [0, 0.05) is 6.61 Å². The lowest BCUT2D eigenvalue weighted by molar-refractivity contribution is -0.301. The van der Waals surface area contributed by atoms with E-state index in [1.807, 2.05) is 0 Å². The molecule has 114 valence electrons. The third-order valence-electron chi connectivity index (χ3n) is 3.15. The molecule has 1 rings (SSSR count). The first-order valence-electron chi connectivity index (χ1n) is 6.57. The Balaban J connectivity index is 2.32. The van der Waals surface area contributed by atoms with Gasteiger partial charge < -0.3 is 35.0 Å². The van der Waals surface area contributed by atoms with Crippen molar-refractivity contribution < 1.29 is 35.0 Å². The normalized spacial score (nSPS) is 37.3. The topological polar surface area (TPSA) is 120 Å². The summed E-state index contributed by atoms with van der Waals surface area (Å²) in [6.45, 7) is 1.54. The van der Waals surface area contributed by atoms with Gasteiger partial charge in [-0.05, 0) is 26.2 Å². The van der Waals surface area contributed by atoms with Gasteiger partial charge in [-0.3, -0.25) is 0 Å². The average Bonchev–Trinajstić information content (AvgIpc) is 2.37. The van der Waals surface area contributed by atoms with Crippen molar-refractivity contribution in [2.24, 2.45) is 0 Å². The quantitative estimate of drug-likeness (QED) is 0.355. The maximum absolute atomic E-state index is 9.68. The molecule has 0 aromatic rings. The number of rotatable bonds is 7. The van der Waals surface area contributed by atoms with Crippen LogP contribution in [0, 0.1) is 0 Å². The summed E-state index contributed by atoms with van der Waals surface area (Å²) in [5.41, 5.74) is 0. The van der Waals surface area contributed by atoms with Crippen LogP contribution in [0.25, 0.3) is 0 Å². The van der Waals surface area contributed by atoms with Crippen molar-refractivity contribution in [1.29, 1.82) is 0 Å². The van der Waals surface area contributed by atoms with Crippen LogP contribution < -0.4 is 0 Å². The van der Waals surface area contributed by atoms with E-state index in [2.05, 4.69) is 0 Å². The number of hydrogen-bond donors (Lipinski definition) is 5. The molecule has 6 unspecified atom stereocenters. The third-order valence-corrected chi connectivity index (χ3v) is 3.15. The molecular formula is C12H24O7. The molecule has 0 amide bonds. The summed E-state index contributed by atoms with van der Waals surface area (Å²) in [6, 6.07) is 0. The van der Waals surface area contributed by atoms with E-state index < -0.39 is 37.3 Å². The van der Waals surface area contributed by atoms with E-state index in [1.54, 1.807) is 6.92 Å². The molecule has 6 atom stereocenters. The third kappa shape index (κ3) is 4.96. The van der Waals surface area contributed by atoms with Crippen LogP contribution in [-0.4, -0.2) is 75.6 Å². The van der Waals surface area contributed by atoms with Gasteiger partial charge in [0.25, 0.3) is 0 Å². The van der Waals surface area contributed by atoms with Crippen molar-refractivity contribution in [2.45, 2.75) is 63.0 Å². The molecule has 0 aromatic heterocycles. The van der Waals surface area contributed by atoms with Crippen LogP contribution >= 0.6 is 0 Å². The summed E-state index contributed by atoms with van der Waals surface area (Å²) in [5.74, 6) is 0. The van der Waals surface area contributed by atoms with E-state index in [4.69, 9.17) is 19.7 Å². The lowest BCUT2D eigenvalue weighted by Gasteiger charge is -2.39. The van der Waals surface area contributed by atoms with Crippen molar-refractivity contribution >= 4 is 0 Å². The van der Waals surface area contributed by atoms with Crippen molar-refractivity contribution in [3.63, 3.8) is 0 Å². The van der Waals surface area contributed by atoms with Gasteiger partial charge in [-0.1, -0.05) is 0 Å². The first-order chi connectivity index (χ1) is 8.97. The predicted molar refractivity (Wildman–Crippen MR) is 65.3 cm³/mol. The zero-order chi connectivity index (χ0) is 14.4. The molecule has 0 radical (unpaired) electrons. The first kappa shape index (κ1) is 16.8. The molecule has 1 aliphatic heterocycles. The summed E-state index contributed by atoms with van der Waals surface area (Å²) >= 11 is 0. The predicted octanol–water partition coefficient (Wildman–Crippen LogP) is -1.65. The highest BCUT2D eigenvalue weighted by Gasteiger charge is 2.43. The molecule has 19 heavy (non-hydrogen) atoms. The minimum absolute atomic E-state index is 0.301. The van der Waals surface area contributed by atoms with Crippen molar-refractivity contribution in [3.05, 3.63) is 0 Å². The Labute approximate surface area is 112 Å². The van der Waals surface area contributed by atoms with Gasteiger partial charge >= 0.3 is 0 Å². The molecule has 5 N–H and O–H groups in total. The smallest absolute Gasteiger partial charge is 0.186 e. The standard InChI is InChI=1S/C12H24O7/c1-7(14)4-2-3-5-18-12-11(17)10(16)9(15)8(6-13)19-12/h7-17H,2-6H2,1H3. The average molecular weight is 280 g/mol. The second-order valence-electron chi connectivity index (χ2n) is 4.91. The van der Waals surface area contributed by atoms with Crippen molar-refractivity contribution in [3.8, 4) is 0 Å². The maximum Gasteiger partial charge on any atom is 0.186 e. The number of unbranched alkanes of at least 4 members (excludes halogenated alkanes) is 1. The van der Waals surface area contributed by atoms with Gasteiger partial charge in [0.05, 0.1) is 12.7 Å². The summed E-state index contributed by atoms with van der Waals surface area (Å²) in [7, 11) is 0. The lowest BCUT2D eigenvalue weighted by Crippen LogP contribution is -2.59.